The molecule has 0 bridgehead atoms. The Morgan fingerprint density at radius 2 is 2.09 bits per heavy atom. The number of aliphatic hydroxyl groups is 1. The van der Waals surface area contributed by atoms with E-state index < -0.39 is 0 Å². The van der Waals surface area contributed by atoms with Gasteiger partial charge in [0.05, 0.1) is 6.10 Å². The van der Waals surface area contributed by atoms with Crippen molar-refractivity contribution in [2.24, 2.45) is 5.92 Å². The highest BCUT2D eigenvalue weighted by Crippen LogP contribution is 2.23. The van der Waals surface area contributed by atoms with Crippen LogP contribution in [0, 0.1) is 19.8 Å². The van der Waals surface area contributed by atoms with Crippen molar-refractivity contribution >= 4 is 6.03 Å². The van der Waals surface area contributed by atoms with Crippen molar-refractivity contribution in [1.29, 1.82) is 0 Å². The fourth-order valence-corrected chi connectivity index (χ4v) is 3.18. The van der Waals surface area contributed by atoms with Gasteiger partial charge in [-0.2, -0.15) is 0 Å². The van der Waals surface area contributed by atoms with E-state index in [9.17, 15) is 9.90 Å². The standard InChI is InChI=1S/C18H28N2O2/c1-13-6-7-16(14(2)10-13)8-9-19-18(22)20-12-15-4-3-5-17(21)11-15/h6-7,10,15,17,21H,3-5,8-9,11-12H2,1-2H3,(H2,19,20,22). The highest BCUT2D eigenvalue weighted by molar-refractivity contribution is 5.73. The Balaban J connectivity index is 1.65. The number of amides is 2. The number of carbonyl (C=O) groups excluding carboxylic acids is 1. The molecular formula is C18H28N2O2. The van der Waals surface area contributed by atoms with Crippen molar-refractivity contribution in [3.05, 3.63) is 34.9 Å². The maximum atomic E-state index is 11.8. The second kappa shape index (κ2) is 8.18. The predicted molar refractivity (Wildman–Crippen MR) is 89.0 cm³/mol. The summed E-state index contributed by atoms with van der Waals surface area (Å²) in [6.45, 7) is 5.50. The Kier molecular flexibility index (Phi) is 6.25. The SMILES string of the molecule is Cc1ccc(CCNC(=O)NCC2CCCC(O)C2)c(C)c1. The lowest BCUT2D eigenvalue weighted by Crippen LogP contribution is -2.40. The molecule has 0 saturated heterocycles. The zero-order valence-electron chi connectivity index (χ0n) is 13.7. The first-order valence-electron chi connectivity index (χ1n) is 8.30. The van der Waals surface area contributed by atoms with Crippen LogP contribution in [-0.2, 0) is 6.42 Å². The number of nitrogens with one attached hydrogen (secondary N) is 2. The van der Waals surface area contributed by atoms with Crippen molar-refractivity contribution < 1.29 is 9.90 Å². The molecule has 0 heterocycles. The number of hydrogen-bond acceptors (Lipinski definition) is 2. The van der Waals surface area contributed by atoms with E-state index in [0.29, 0.717) is 19.0 Å². The quantitative estimate of drug-likeness (QED) is 0.783. The van der Waals surface area contributed by atoms with Crippen molar-refractivity contribution in [3.8, 4) is 0 Å². The van der Waals surface area contributed by atoms with E-state index in [2.05, 4.69) is 42.7 Å². The van der Waals surface area contributed by atoms with Gasteiger partial charge in [0.1, 0.15) is 0 Å². The molecule has 0 radical (unpaired) electrons. The van der Waals surface area contributed by atoms with Crippen LogP contribution < -0.4 is 10.6 Å². The van der Waals surface area contributed by atoms with Crippen LogP contribution in [0.25, 0.3) is 0 Å². The van der Waals surface area contributed by atoms with E-state index in [1.165, 1.54) is 16.7 Å². The molecule has 22 heavy (non-hydrogen) atoms. The summed E-state index contributed by atoms with van der Waals surface area (Å²) in [4.78, 5) is 11.8. The zero-order valence-corrected chi connectivity index (χ0v) is 13.7. The normalized spacial score (nSPS) is 21.4. The lowest BCUT2D eigenvalue weighted by Gasteiger charge is -2.25. The molecule has 1 aliphatic carbocycles. The van der Waals surface area contributed by atoms with Gasteiger partial charge >= 0.3 is 6.03 Å². The Morgan fingerprint density at radius 1 is 1.27 bits per heavy atom. The molecule has 1 aromatic carbocycles. The van der Waals surface area contributed by atoms with Gasteiger partial charge in [-0.05, 0) is 56.6 Å². The lowest BCUT2D eigenvalue weighted by atomic mass is 9.87. The Morgan fingerprint density at radius 3 is 2.82 bits per heavy atom. The molecule has 2 rings (SSSR count). The summed E-state index contributed by atoms with van der Waals surface area (Å²) in [5.41, 5.74) is 3.82. The van der Waals surface area contributed by atoms with Crippen molar-refractivity contribution in [1.82, 2.24) is 10.6 Å². The molecule has 4 heteroatoms. The third-order valence-electron chi connectivity index (χ3n) is 4.48. The average molecular weight is 304 g/mol. The minimum Gasteiger partial charge on any atom is -0.393 e. The number of rotatable bonds is 5. The summed E-state index contributed by atoms with van der Waals surface area (Å²) in [7, 11) is 0. The lowest BCUT2D eigenvalue weighted by molar-refractivity contribution is 0.101. The van der Waals surface area contributed by atoms with E-state index in [4.69, 9.17) is 0 Å². The third-order valence-corrected chi connectivity index (χ3v) is 4.48. The van der Waals surface area contributed by atoms with E-state index >= 15 is 0 Å². The van der Waals surface area contributed by atoms with Crippen molar-refractivity contribution in [2.75, 3.05) is 13.1 Å². The van der Waals surface area contributed by atoms with Crippen LogP contribution in [-0.4, -0.2) is 30.3 Å². The third kappa shape index (κ3) is 5.34. The first-order valence-corrected chi connectivity index (χ1v) is 8.30. The van der Waals surface area contributed by atoms with Gasteiger partial charge < -0.3 is 15.7 Å². The highest BCUT2D eigenvalue weighted by atomic mass is 16.3. The van der Waals surface area contributed by atoms with Crippen LogP contribution >= 0.6 is 0 Å². The molecule has 4 nitrogen and oxygen atoms in total. The van der Waals surface area contributed by atoms with Crippen LogP contribution in [0.2, 0.25) is 0 Å². The van der Waals surface area contributed by atoms with Crippen molar-refractivity contribution in [2.45, 2.75) is 52.1 Å². The molecule has 122 valence electrons. The predicted octanol–water partition coefficient (Wildman–Crippen LogP) is 2.70. The molecule has 1 fully saturated rings. The number of urea groups is 1. The smallest absolute Gasteiger partial charge is 0.314 e. The molecule has 2 atom stereocenters. The Bertz CT molecular complexity index is 502. The van der Waals surface area contributed by atoms with Gasteiger partial charge in [0.15, 0.2) is 0 Å². The minimum atomic E-state index is -0.187. The number of benzene rings is 1. The van der Waals surface area contributed by atoms with Gasteiger partial charge in [0.25, 0.3) is 0 Å². The molecule has 1 saturated carbocycles. The summed E-state index contributed by atoms with van der Waals surface area (Å²) in [5.74, 6) is 0.411. The second-order valence-corrected chi connectivity index (χ2v) is 6.50. The maximum absolute atomic E-state index is 11.8. The van der Waals surface area contributed by atoms with Gasteiger partial charge in [-0.1, -0.05) is 30.2 Å². The molecule has 3 N–H and O–H groups in total. The monoisotopic (exact) mass is 304 g/mol. The molecule has 0 spiro atoms. The van der Waals surface area contributed by atoms with Crippen LogP contribution in [0.3, 0.4) is 0 Å². The number of aliphatic hydroxyl groups excluding tert-OH is 1. The summed E-state index contributed by atoms with van der Waals surface area (Å²) in [6, 6.07) is 6.30. The first kappa shape index (κ1) is 16.8. The number of aryl methyl sites for hydroxylation is 2. The molecule has 2 amide bonds. The zero-order chi connectivity index (χ0) is 15.9. The van der Waals surface area contributed by atoms with Crippen molar-refractivity contribution in [3.63, 3.8) is 0 Å². The van der Waals surface area contributed by atoms with E-state index in [1.807, 2.05) is 0 Å². The van der Waals surface area contributed by atoms with Crippen LogP contribution in [0.1, 0.15) is 42.4 Å². The molecule has 2 unspecified atom stereocenters. The van der Waals surface area contributed by atoms with Gasteiger partial charge in [-0.3, -0.25) is 0 Å². The average Bonchev–Trinajstić information content (AvgIpc) is 2.47. The first-order chi connectivity index (χ1) is 10.5. The van der Waals surface area contributed by atoms with E-state index in [0.717, 1.165) is 32.1 Å². The van der Waals surface area contributed by atoms with E-state index in [1.54, 1.807) is 0 Å². The largest absolute Gasteiger partial charge is 0.393 e. The van der Waals surface area contributed by atoms with Crippen LogP contribution in [0.5, 0.6) is 0 Å². The van der Waals surface area contributed by atoms with Crippen LogP contribution in [0.15, 0.2) is 18.2 Å². The summed E-state index contributed by atoms with van der Waals surface area (Å²) >= 11 is 0. The highest BCUT2D eigenvalue weighted by Gasteiger charge is 2.20. The molecule has 0 aliphatic heterocycles. The molecule has 0 aromatic heterocycles. The Hall–Kier alpha value is -1.55. The van der Waals surface area contributed by atoms with Gasteiger partial charge in [-0.25, -0.2) is 4.79 Å². The summed E-state index contributed by atoms with van der Waals surface area (Å²) < 4.78 is 0. The van der Waals surface area contributed by atoms with Crippen LogP contribution in [0.4, 0.5) is 4.79 Å². The van der Waals surface area contributed by atoms with Gasteiger partial charge in [0, 0.05) is 13.1 Å². The maximum Gasteiger partial charge on any atom is 0.314 e. The van der Waals surface area contributed by atoms with E-state index in [-0.39, 0.29) is 12.1 Å². The Labute approximate surface area is 133 Å². The second-order valence-electron chi connectivity index (χ2n) is 6.50. The minimum absolute atomic E-state index is 0.107. The summed E-state index contributed by atoms with van der Waals surface area (Å²) in [6.07, 6.45) is 4.53. The summed E-state index contributed by atoms with van der Waals surface area (Å²) in [5, 5.41) is 15.5. The molecule has 1 aromatic rings. The fourth-order valence-electron chi connectivity index (χ4n) is 3.18. The number of carbonyl (C=O) groups is 1. The number of hydrogen-bond donors (Lipinski definition) is 3. The fraction of sp³-hybridized carbons (Fsp3) is 0.611. The molecular weight excluding hydrogens is 276 g/mol. The molecule has 1 aliphatic rings. The topological polar surface area (TPSA) is 61.4 Å². The van der Waals surface area contributed by atoms with Gasteiger partial charge in [-0.15, -0.1) is 0 Å². The van der Waals surface area contributed by atoms with Gasteiger partial charge in [0.2, 0.25) is 0 Å².